The summed E-state index contributed by atoms with van der Waals surface area (Å²) in [5.74, 6) is -0.484. The van der Waals surface area contributed by atoms with Gasteiger partial charge in [-0.25, -0.2) is 17.2 Å². The largest absolute Gasteiger partial charge is 0.488 e. The third-order valence-corrected chi connectivity index (χ3v) is 7.51. The number of hydrogen-bond acceptors (Lipinski definition) is 5. The number of sulfone groups is 1. The number of halogens is 2. The van der Waals surface area contributed by atoms with Crippen LogP contribution in [-0.2, 0) is 19.4 Å². The van der Waals surface area contributed by atoms with E-state index in [0.717, 1.165) is 25.7 Å². The predicted molar refractivity (Wildman–Crippen MR) is 113 cm³/mol. The molecule has 174 valence electrons. The van der Waals surface area contributed by atoms with Gasteiger partial charge in [-0.1, -0.05) is 39.2 Å². The summed E-state index contributed by atoms with van der Waals surface area (Å²) in [5.41, 5.74) is -0.465. The summed E-state index contributed by atoms with van der Waals surface area (Å²) >= 11 is 0. The molecule has 31 heavy (non-hydrogen) atoms. The number of nitrogens with one attached hydrogen (secondary N) is 1. The van der Waals surface area contributed by atoms with Gasteiger partial charge in [-0.05, 0) is 42.9 Å². The lowest BCUT2D eigenvalue weighted by atomic mass is 9.87. The fourth-order valence-corrected chi connectivity index (χ4v) is 5.69. The average molecular weight is 460 g/mol. The summed E-state index contributed by atoms with van der Waals surface area (Å²) in [6, 6.07) is 5.67. The number of alkyl halides is 2. The van der Waals surface area contributed by atoms with Crippen LogP contribution in [0.2, 0.25) is 0 Å². The van der Waals surface area contributed by atoms with E-state index in [-0.39, 0.29) is 34.1 Å². The van der Waals surface area contributed by atoms with Gasteiger partial charge in [0.25, 0.3) is 6.43 Å². The number of amides is 2. The standard InChI is InChI=1S/C22H31F2NO5S/c1-22(2,12-5-3-4-7-16-10-11-20(26)25-21(16)27)15-31(28,29)18-9-6-8-17(13-18)30-14-19(23)24/h6,8-9,13,16,19H,3-5,7,10-12,14-15H2,1-2H3,(H,25,26,27). The van der Waals surface area contributed by atoms with Crippen molar-refractivity contribution in [2.45, 2.75) is 70.1 Å². The molecule has 0 saturated carbocycles. The Morgan fingerprint density at radius 3 is 2.61 bits per heavy atom. The molecule has 1 saturated heterocycles. The van der Waals surface area contributed by atoms with E-state index in [1.807, 2.05) is 13.8 Å². The zero-order chi connectivity index (χ0) is 23.1. The zero-order valence-corrected chi connectivity index (χ0v) is 18.8. The van der Waals surface area contributed by atoms with E-state index in [1.54, 1.807) is 0 Å². The molecular formula is C22H31F2NO5S. The number of rotatable bonds is 12. The van der Waals surface area contributed by atoms with Crippen molar-refractivity contribution in [3.8, 4) is 5.75 Å². The molecule has 1 heterocycles. The van der Waals surface area contributed by atoms with Gasteiger partial charge in [-0.2, -0.15) is 0 Å². The van der Waals surface area contributed by atoms with Crippen molar-refractivity contribution in [2.75, 3.05) is 12.4 Å². The van der Waals surface area contributed by atoms with Crippen LogP contribution >= 0.6 is 0 Å². The van der Waals surface area contributed by atoms with Crippen molar-refractivity contribution in [1.82, 2.24) is 5.32 Å². The van der Waals surface area contributed by atoms with Crippen LogP contribution in [0.4, 0.5) is 8.78 Å². The SMILES string of the molecule is CC(C)(CCCCCC1CCC(=O)NC1=O)CS(=O)(=O)c1cccc(OCC(F)F)c1. The number of carbonyl (C=O) groups is 2. The van der Waals surface area contributed by atoms with Crippen LogP contribution in [-0.4, -0.2) is 39.0 Å². The highest BCUT2D eigenvalue weighted by Gasteiger charge is 2.28. The third-order valence-electron chi connectivity index (χ3n) is 5.38. The number of benzene rings is 1. The van der Waals surface area contributed by atoms with Crippen molar-refractivity contribution < 1.29 is 31.5 Å². The Kier molecular flexibility index (Phi) is 8.97. The molecule has 0 aliphatic carbocycles. The minimum Gasteiger partial charge on any atom is -0.488 e. The lowest BCUT2D eigenvalue weighted by Gasteiger charge is -2.25. The van der Waals surface area contributed by atoms with Crippen LogP contribution < -0.4 is 10.1 Å². The normalized spacial score (nSPS) is 17.6. The summed E-state index contributed by atoms with van der Waals surface area (Å²) in [6.45, 7) is 3.00. The molecule has 1 aromatic rings. The summed E-state index contributed by atoms with van der Waals surface area (Å²) in [4.78, 5) is 23.0. The highest BCUT2D eigenvalue weighted by Crippen LogP contribution is 2.30. The van der Waals surface area contributed by atoms with Gasteiger partial charge in [0.05, 0.1) is 10.6 Å². The summed E-state index contributed by atoms with van der Waals surface area (Å²) in [6.07, 6.45) is 2.31. The number of piperidine rings is 1. The predicted octanol–water partition coefficient (Wildman–Crippen LogP) is 4.13. The van der Waals surface area contributed by atoms with Crippen molar-refractivity contribution in [3.63, 3.8) is 0 Å². The van der Waals surface area contributed by atoms with Crippen LogP contribution in [0.5, 0.6) is 5.75 Å². The van der Waals surface area contributed by atoms with Gasteiger partial charge in [0.15, 0.2) is 9.84 Å². The van der Waals surface area contributed by atoms with Gasteiger partial charge >= 0.3 is 0 Å². The molecule has 0 radical (unpaired) electrons. The highest BCUT2D eigenvalue weighted by molar-refractivity contribution is 7.91. The highest BCUT2D eigenvalue weighted by atomic mass is 32.2. The Morgan fingerprint density at radius 2 is 1.94 bits per heavy atom. The van der Waals surface area contributed by atoms with E-state index in [2.05, 4.69) is 5.32 Å². The number of imide groups is 1. The molecular weight excluding hydrogens is 428 g/mol. The second kappa shape index (κ2) is 11.0. The fourth-order valence-electron chi connectivity index (χ4n) is 3.77. The zero-order valence-electron chi connectivity index (χ0n) is 18.0. The number of unbranched alkanes of at least 4 members (excludes halogenated alkanes) is 2. The number of carbonyl (C=O) groups excluding carboxylic acids is 2. The van der Waals surface area contributed by atoms with E-state index in [9.17, 15) is 26.8 Å². The van der Waals surface area contributed by atoms with Gasteiger partial charge < -0.3 is 4.74 Å². The molecule has 0 aromatic heterocycles. The maximum atomic E-state index is 12.8. The molecule has 1 aliphatic rings. The van der Waals surface area contributed by atoms with Crippen LogP contribution in [0.15, 0.2) is 29.2 Å². The number of ether oxygens (including phenoxy) is 1. The van der Waals surface area contributed by atoms with E-state index >= 15 is 0 Å². The topological polar surface area (TPSA) is 89.5 Å². The molecule has 6 nitrogen and oxygen atoms in total. The summed E-state index contributed by atoms with van der Waals surface area (Å²) < 4.78 is 55.2. The molecule has 1 unspecified atom stereocenters. The molecule has 1 atom stereocenters. The van der Waals surface area contributed by atoms with Crippen molar-refractivity contribution >= 4 is 21.7 Å². The molecule has 2 rings (SSSR count). The minimum absolute atomic E-state index is 0.0604. The first kappa shape index (κ1) is 25.2. The molecule has 9 heteroatoms. The smallest absolute Gasteiger partial charge is 0.272 e. The van der Waals surface area contributed by atoms with Crippen molar-refractivity contribution in [2.24, 2.45) is 11.3 Å². The van der Waals surface area contributed by atoms with Crippen LogP contribution in [0.25, 0.3) is 0 Å². The minimum atomic E-state index is -3.60. The Labute approximate surface area is 182 Å². The molecule has 0 bridgehead atoms. The van der Waals surface area contributed by atoms with Gasteiger partial charge in [0.2, 0.25) is 11.8 Å². The molecule has 1 fully saturated rings. The summed E-state index contributed by atoms with van der Waals surface area (Å²) in [7, 11) is -3.60. The lowest BCUT2D eigenvalue weighted by Crippen LogP contribution is -2.40. The van der Waals surface area contributed by atoms with Gasteiger partial charge in [0, 0.05) is 12.3 Å². The second-order valence-electron chi connectivity index (χ2n) is 8.85. The maximum absolute atomic E-state index is 12.8. The second-order valence-corrected chi connectivity index (χ2v) is 10.8. The van der Waals surface area contributed by atoms with Crippen molar-refractivity contribution in [3.05, 3.63) is 24.3 Å². The Hall–Kier alpha value is -2.03. The fraction of sp³-hybridized carbons (Fsp3) is 0.636. The van der Waals surface area contributed by atoms with E-state index < -0.39 is 28.3 Å². The number of hydrogen-bond donors (Lipinski definition) is 1. The van der Waals surface area contributed by atoms with Crippen molar-refractivity contribution in [1.29, 1.82) is 0 Å². The van der Waals surface area contributed by atoms with Crippen LogP contribution in [0.1, 0.15) is 58.8 Å². The van der Waals surface area contributed by atoms with Gasteiger partial charge in [-0.15, -0.1) is 0 Å². The quantitative estimate of drug-likeness (QED) is 0.375. The maximum Gasteiger partial charge on any atom is 0.272 e. The third kappa shape index (κ3) is 8.55. The van der Waals surface area contributed by atoms with Crippen LogP contribution in [0.3, 0.4) is 0 Å². The molecule has 1 N–H and O–H groups in total. The van der Waals surface area contributed by atoms with Gasteiger partial charge in [-0.3, -0.25) is 14.9 Å². The van der Waals surface area contributed by atoms with E-state index in [4.69, 9.17) is 4.74 Å². The van der Waals surface area contributed by atoms with E-state index in [1.165, 1.54) is 24.3 Å². The monoisotopic (exact) mass is 459 g/mol. The van der Waals surface area contributed by atoms with Gasteiger partial charge in [0.1, 0.15) is 12.4 Å². The Bertz CT molecular complexity index is 870. The average Bonchev–Trinajstić information content (AvgIpc) is 2.67. The molecule has 1 aliphatic heterocycles. The van der Waals surface area contributed by atoms with Crippen LogP contribution in [0, 0.1) is 11.3 Å². The Balaban J connectivity index is 1.81. The lowest BCUT2D eigenvalue weighted by molar-refractivity contribution is -0.136. The molecule has 0 spiro atoms. The first-order valence-corrected chi connectivity index (χ1v) is 12.2. The first-order valence-electron chi connectivity index (χ1n) is 10.6. The van der Waals surface area contributed by atoms with E-state index in [0.29, 0.717) is 19.3 Å². The molecule has 1 aromatic carbocycles. The Morgan fingerprint density at radius 1 is 1.19 bits per heavy atom. The first-order chi connectivity index (χ1) is 14.5. The molecule has 2 amide bonds. The summed E-state index contributed by atoms with van der Waals surface area (Å²) in [5, 5.41) is 2.36.